The maximum absolute atomic E-state index is 12.6. The van der Waals surface area contributed by atoms with Crippen molar-refractivity contribution < 1.29 is 44.2 Å². The second-order valence-corrected chi connectivity index (χ2v) is 9.98. The zero-order valence-corrected chi connectivity index (χ0v) is 24.3. The van der Waals surface area contributed by atoms with Gasteiger partial charge < -0.3 is 40.9 Å². The Morgan fingerprint density at radius 1 is 1.00 bits per heavy atom. The highest BCUT2D eigenvalue weighted by molar-refractivity contribution is 6.58. The Balaban J connectivity index is 1.41. The summed E-state index contributed by atoms with van der Waals surface area (Å²) in [5.74, 6) is -3.35. The van der Waals surface area contributed by atoms with Crippen LogP contribution in [-0.4, -0.2) is 84.3 Å². The summed E-state index contributed by atoms with van der Waals surface area (Å²) in [6.07, 6.45) is -0.0389. The smallest absolute Gasteiger partial charge is 0.481 e. The number of anilines is 3. The van der Waals surface area contributed by atoms with Crippen LogP contribution in [-0.2, 0) is 27.5 Å². The van der Waals surface area contributed by atoms with E-state index in [0.29, 0.717) is 16.9 Å². The molecule has 0 radical (unpaired) electrons. The summed E-state index contributed by atoms with van der Waals surface area (Å²) in [5, 5.41) is 41.3. The Hall–Kier alpha value is -5.88. The maximum Gasteiger partial charge on any atom is 0.488 e. The van der Waals surface area contributed by atoms with Crippen molar-refractivity contribution in [2.45, 2.75) is 32.0 Å². The van der Waals surface area contributed by atoms with Crippen LogP contribution < -0.4 is 26.7 Å². The molecule has 2 amide bonds. The van der Waals surface area contributed by atoms with Crippen LogP contribution in [0.15, 0.2) is 54.7 Å². The summed E-state index contributed by atoms with van der Waals surface area (Å²) in [5.41, 5.74) is 8.29. The van der Waals surface area contributed by atoms with Gasteiger partial charge in [-0.05, 0) is 41.7 Å². The van der Waals surface area contributed by atoms with E-state index >= 15 is 0 Å². The fourth-order valence-corrected chi connectivity index (χ4v) is 4.16. The lowest BCUT2D eigenvalue weighted by atomic mass is 9.80. The van der Waals surface area contributed by atoms with Gasteiger partial charge in [-0.15, -0.1) is 0 Å². The van der Waals surface area contributed by atoms with Crippen molar-refractivity contribution in [1.29, 1.82) is 0 Å². The van der Waals surface area contributed by atoms with E-state index in [2.05, 4.69) is 30.6 Å². The van der Waals surface area contributed by atoms with Crippen LogP contribution in [0.3, 0.4) is 0 Å². The normalized spacial score (nSPS) is 11.4. The molecule has 18 heteroatoms. The molecule has 0 bridgehead atoms. The zero-order valence-electron chi connectivity index (χ0n) is 24.3. The highest BCUT2D eigenvalue weighted by Crippen LogP contribution is 2.21. The number of nitrogens with two attached hydrogens (primary N) is 1. The van der Waals surface area contributed by atoms with Crippen LogP contribution >= 0.6 is 0 Å². The van der Waals surface area contributed by atoms with Gasteiger partial charge >= 0.3 is 25.2 Å². The monoisotopic (exact) mass is 632 g/mol. The molecule has 4 aromatic rings. The molecule has 0 aliphatic rings. The Morgan fingerprint density at radius 2 is 1.70 bits per heavy atom. The van der Waals surface area contributed by atoms with Gasteiger partial charge in [0.05, 0.1) is 18.4 Å². The molecule has 238 valence electrons. The topological polar surface area (TPSA) is 263 Å². The minimum absolute atomic E-state index is 0.0263. The van der Waals surface area contributed by atoms with Crippen LogP contribution in [0, 0.1) is 0 Å². The molecule has 1 unspecified atom stereocenters. The molecule has 2 heterocycles. The first kappa shape index (κ1) is 33.0. The molecule has 46 heavy (non-hydrogen) atoms. The van der Waals surface area contributed by atoms with Gasteiger partial charge in [-0.25, -0.2) is 19.6 Å². The van der Waals surface area contributed by atoms with E-state index in [1.54, 1.807) is 36.2 Å². The largest absolute Gasteiger partial charge is 0.488 e. The number of ether oxygens (including phenoxy) is 1. The molecule has 2 aromatic carbocycles. The van der Waals surface area contributed by atoms with E-state index < -0.39 is 43.5 Å². The lowest BCUT2D eigenvalue weighted by molar-refractivity contribution is -0.140. The molecule has 4 rings (SSSR count). The Kier molecular flexibility index (Phi) is 10.6. The number of aromatic nitrogens is 4. The first-order valence-electron chi connectivity index (χ1n) is 13.6. The lowest BCUT2D eigenvalue weighted by Crippen LogP contribution is -2.41. The number of carbonyl (C=O) groups is 4. The van der Waals surface area contributed by atoms with Crippen LogP contribution in [0.25, 0.3) is 11.2 Å². The summed E-state index contributed by atoms with van der Waals surface area (Å²) in [4.78, 5) is 66.0. The van der Waals surface area contributed by atoms with Crippen LogP contribution in [0.5, 0.6) is 0 Å². The molecular formula is C28H29BN8O9. The predicted octanol–water partition coefficient (Wildman–Crippen LogP) is 0.115. The number of carboxylic acids is 2. The third-order valence-electron chi connectivity index (χ3n) is 6.56. The highest BCUT2D eigenvalue weighted by Gasteiger charge is 2.22. The summed E-state index contributed by atoms with van der Waals surface area (Å²) in [6, 6.07) is 11.1. The van der Waals surface area contributed by atoms with E-state index in [9.17, 15) is 34.3 Å². The number of rotatable bonds is 13. The number of carbonyl (C=O) groups excluding carboxylic acids is 2. The maximum atomic E-state index is 12.6. The molecule has 0 aliphatic carbocycles. The van der Waals surface area contributed by atoms with E-state index in [0.717, 1.165) is 0 Å². The van der Waals surface area contributed by atoms with Crippen LogP contribution in [0.1, 0.15) is 34.5 Å². The van der Waals surface area contributed by atoms with Crippen molar-refractivity contribution in [3.8, 4) is 0 Å². The number of fused-ring (bicyclic) bond motifs is 1. The number of nitrogens with one attached hydrogen (secondary N) is 2. The average molecular weight is 632 g/mol. The SMILES string of the molecule is CN(Cc1cnc2nc(N)nc(NC(=O)OCc3ccc(B(O)O)cc3)c2n1)c1ccc(C(=O)NC(CCC(=O)O)C(=O)O)cc1. The Morgan fingerprint density at radius 3 is 2.33 bits per heavy atom. The van der Waals surface area contributed by atoms with Gasteiger partial charge in [0.15, 0.2) is 17.0 Å². The fraction of sp³-hybridized carbons (Fsp3) is 0.214. The first-order chi connectivity index (χ1) is 21.9. The van der Waals surface area contributed by atoms with Crippen LogP contribution in [0.2, 0.25) is 0 Å². The minimum Gasteiger partial charge on any atom is -0.481 e. The second-order valence-electron chi connectivity index (χ2n) is 9.98. The second kappa shape index (κ2) is 14.7. The number of benzene rings is 2. The zero-order chi connectivity index (χ0) is 33.4. The minimum atomic E-state index is -1.61. The number of amides is 2. The third kappa shape index (κ3) is 8.83. The Bertz CT molecular complexity index is 1740. The van der Waals surface area contributed by atoms with Crippen molar-refractivity contribution in [1.82, 2.24) is 25.3 Å². The molecule has 1 atom stereocenters. The average Bonchev–Trinajstić information content (AvgIpc) is 3.02. The van der Waals surface area contributed by atoms with Gasteiger partial charge in [0.2, 0.25) is 5.95 Å². The molecule has 0 spiro atoms. The number of hydrogen-bond donors (Lipinski definition) is 7. The number of carboxylic acid groups (broad SMARTS) is 2. The highest BCUT2D eigenvalue weighted by atomic mass is 16.5. The third-order valence-corrected chi connectivity index (χ3v) is 6.56. The van der Waals surface area contributed by atoms with Gasteiger partial charge in [0.1, 0.15) is 12.6 Å². The van der Waals surface area contributed by atoms with E-state index in [-0.39, 0.29) is 53.5 Å². The number of aliphatic carboxylic acids is 2. The van der Waals surface area contributed by atoms with Gasteiger partial charge in [-0.2, -0.15) is 9.97 Å². The summed E-state index contributed by atoms with van der Waals surface area (Å²) in [6.45, 7) is 0.122. The van der Waals surface area contributed by atoms with Gasteiger partial charge in [-0.1, -0.05) is 24.3 Å². The molecule has 0 saturated carbocycles. The van der Waals surface area contributed by atoms with E-state index in [1.807, 2.05) is 0 Å². The summed E-state index contributed by atoms with van der Waals surface area (Å²) >= 11 is 0. The molecule has 17 nitrogen and oxygen atoms in total. The molecule has 2 aromatic heterocycles. The first-order valence-corrected chi connectivity index (χ1v) is 13.6. The van der Waals surface area contributed by atoms with Crippen molar-refractivity contribution in [2.24, 2.45) is 0 Å². The lowest BCUT2D eigenvalue weighted by Gasteiger charge is -2.19. The number of nitrogens with zero attached hydrogens (tertiary/aromatic N) is 5. The predicted molar refractivity (Wildman–Crippen MR) is 164 cm³/mol. The number of hydrogen-bond acceptors (Lipinski definition) is 13. The molecule has 8 N–H and O–H groups in total. The van der Waals surface area contributed by atoms with Gasteiger partial charge in [0.25, 0.3) is 5.91 Å². The van der Waals surface area contributed by atoms with E-state index in [1.165, 1.54) is 30.5 Å². The van der Waals surface area contributed by atoms with Gasteiger partial charge in [0, 0.05) is 24.7 Å². The van der Waals surface area contributed by atoms with Crippen molar-refractivity contribution in [3.05, 3.63) is 71.5 Å². The summed E-state index contributed by atoms with van der Waals surface area (Å²) < 4.78 is 5.24. The molecule has 0 saturated heterocycles. The Labute approximate surface area is 261 Å². The molecule has 0 fully saturated rings. The standard InChI is InChI=1S/C28H29BN8O9/c1-37(19-8-4-16(5-9-19)25(40)33-20(26(41)42)10-11-21(38)39)13-18-12-31-23-22(32-18)24(35-27(30)34-23)36-28(43)46-14-15-2-6-17(7-3-15)29(44)45/h2-9,12,20,44-45H,10-11,13-14H2,1H3,(H,33,40)(H,38,39)(H,41,42)(H3,30,31,34,35,36,43). The van der Waals surface area contributed by atoms with Gasteiger partial charge in [-0.3, -0.25) is 14.9 Å². The fourth-order valence-electron chi connectivity index (χ4n) is 4.16. The molecular weight excluding hydrogens is 603 g/mol. The summed E-state index contributed by atoms with van der Waals surface area (Å²) in [7, 11) is 0.149. The molecule has 0 aliphatic heterocycles. The van der Waals surface area contributed by atoms with Crippen molar-refractivity contribution in [3.63, 3.8) is 0 Å². The number of nitrogen functional groups attached to an aromatic ring is 1. The van der Waals surface area contributed by atoms with Crippen molar-refractivity contribution >= 4 is 65.1 Å². The van der Waals surface area contributed by atoms with E-state index in [4.69, 9.17) is 15.6 Å². The van der Waals surface area contributed by atoms with Crippen LogP contribution in [0.4, 0.5) is 22.2 Å². The quantitative estimate of drug-likeness (QED) is 0.0965. The van der Waals surface area contributed by atoms with Crippen molar-refractivity contribution in [2.75, 3.05) is 23.0 Å².